The molecule has 6 heteroatoms. The highest BCUT2D eigenvalue weighted by Crippen LogP contribution is 2.44. The minimum absolute atomic E-state index is 0.264. The molecular formula is C16H8ClFN2O2. The van der Waals surface area contributed by atoms with E-state index in [9.17, 15) is 4.39 Å². The predicted molar refractivity (Wildman–Crippen MR) is 78.1 cm³/mol. The second-order valence-electron chi connectivity index (χ2n) is 5.01. The number of nitrogens with zero attached hydrogens (tertiary/aromatic N) is 2. The number of nitriles is 1. The van der Waals surface area contributed by atoms with E-state index in [1.54, 1.807) is 24.3 Å². The molecule has 0 aliphatic carbocycles. The number of halogens is 2. The Morgan fingerprint density at radius 2 is 2.18 bits per heavy atom. The van der Waals surface area contributed by atoms with Crippen LogP contribution in [0.3, 0.4) is 0 Å². The molecule has 2 aromatic carbocycles. The Morgan fingerprint density at radius 3 is 2.95 bits per heavy atom. The van der Waals surface area contributed by atoms with E-state index >= 15 is 0 Å². The number of rotatable bonds is 1. The lowest BCUT2D eigenvalue weighted by molar-refractivity contribution is 0.290. The highest BCUT2D eigenvalue weighted by atomic mass is 35.5. The van der Waals surface area contributed by atoms with Gasteiger partial charge in [0.15, 0.2) is 11.7 Å². The molecule has 1 unspecified atom stereocenters. The third-order valence-electron chi connectivity index (χ3n) is 3.68. The normalized spacial score (nSPS) is 16.3. The van der Waals surface area contributed by atoms with Crippen molar-refractivity contribution < 1.29 is 13.7 Å². The molecule has 2 heterocycles. The third kappa shape index (κ3) is 1.78. The standard InChI is InChI=1S/C16H8ClFN2O2/c17-13-15-8(5-9(7-19)21-15)6-11-14(20-22-16(11)13)10-3-1-2-4-12(10)18/h1-4,6,9H,5H2. The number of benzene rings is 2. The average Bonchev–Trinajstić information content (AvgIpc) is 3.12. The molecule has 3 aromatic rings. The lowest BCUT2D eigenvalue weighted by Gasteiger charge is -2.03. The maximum atomic E-state index is 14.0. The van der Waals surface area contributed by atoms with E-state index in [0.29, 0.717) is 34.4 Å². The maximum absolute atomic E-state index is 14.0. The lowest BCUT2D eigenvalue weighted by atomic mass is 10.0. The van der Waals surface area contributed by atoms with Gasteiger partial charge in [-0.2, -0.15) is 5.26 Å². The van der Waals surface area contributed by atoms with Gasteiger partial charge >= 0.3 is 0 Å². The summed E-state index contributed by atoms with van der Waals surface area (Å²) in [6, 6.07) is 10.2. The molecule has 1 atom stereocenters. The van der Waals surface area contributed by atoms with E-state index in [-0.39, 0.29) is 10.8 Å². The van der Waals surface area contributed by atoms with Crippen LogP contribution < -0.4 is 4.74 Å². The van der Waals surface area contributed by atoms with Crippen LogP contribution in [0, 0.1) is 17.1 Å². The second-order valence-corrected chi connectivity index (χ2v) is 5.38. The summed E-state index contributed by atoms with van der Waals surface area (Å²) in [6.07, 6.45) is -0.132. The zero-order chi connectivity index (χ0) is 15.3. The molecule has 0 fully saturated rings. The molecule has 0 bridgehead atoms. The first-order valence-electron chi connectivity index (χ1n) is 6.61. The Bertz CT molecular complexity index is 945. The minimum atomic E-state index is -0.566. The van der Waals surface area contributed by atoms with Crippen molar-refractivity contribution in [1.82, 2.24) is 5.16 Å². The van der Waals surface area contributed by atoms with Crippen LogP contribution in [0.5, 0.6) is 5.75 Å². The first-order valence-corrected chi connectivity index (χ1v) is 6.98. The summed E-state index contributed by atoms with van der Waals surface area (Å²) in [6.45, 7) is 0. The van der Waals surface area contributed by atoms with Gasteiger partial charge in [-0.15, -0.1) is 0 Å². The monoisotopic (exact) mass is 314 g/mol. The van der Waals surface area contributed by atoms with E-state index in [1.165, 1.54) is 6.07 Å². The van der Waals surface area contributed by atoms with E-state index < -0.39 is 6.10 Å². The van der Waals surface area contributed by atoms with Crippen LogP contribution in [0.1, 0.15) is 5.56 Å². The molecule has 0 spiro atoms. The van der Waals surface area contributed by atoms with Crippen molar-refractivity contribution in [1.29, 1.82) is 5.26 Å². The first-order chi connectivity index (χ1) is 10.7. The molecule has 4 nitrogen and oxygen atoms in total. The fourth-order valence-corrected chi connectivity index (χ4v) is 2.96. The highest BCUT2D eigenvalue weighted by Gasteiger charge is 2.29. The fraction of sp³-hybridized carbons (Fsp3) is 0.125. The van der Waals surface area contributed by atoms with Crippen LogP contribution in [0.15, 0.2) is 34.9 Å². The average molecular weight is 315 g/mol. The Morgan fingerprint density at radius 1 is 1.36 bits per heavy atom. The van der Waals surface area contributed by atoms with Gasteiger partial charge in [-0.1, -0.05) is 28.9 Å². The van der Waals surface area contributed by atoms with Gasteiger partial charge in [0.1, 0.15) is 28.4 Å². The van der Waals surface area contributed by atoms with Crippen LogP contribution in [-0.4, -0.2) is 11.3 Å². The van der Waals surface area contributed by atoms with Crippen LogP contribution in [0.25, 0.3) is 22.2 Å². The van der Waals surface area contributed by atoms with E-state index in [0.717, 1.165) is 5.56 Å². The molecule has 1 aliphatic heterocycles. The summed E-state index contributed by atoms with van der Waals surface area (Å²) >= 11 is 6.29. The van der Waals surface area contributed by atoms with Crippen molar-refractivity contribution in [2.75, 3.05) is 0 Å². The number of hydrogen-bond donors (Lipinski definition) is 0. The molecular weight excluding hydrogens is 307 g/mol. The molecule has 1 aliphatic rings. The van der Waals surface area contributed by atoms with Gasteiger partial charge in [0.25, 0.3) is 0 Å². The Kier molecular flexibility index (Phi) is 2.81. The molecule has 0 saturated heterocycles. The van der Waals surface area contributed by atoms with Crippen molar-refractivity contribution in [2.24, 2.45) is 0 Å². The number of ether oxygens (including phenoxy) is 1. The van der Waals surface area contributed by atoms with Crippen molar-refractivity contribution in [3.8, 4) is 23.1 Å². The predicted octanol–water partition coefficient (Wildman–Crippen LogP) is 4.11. The smallest absolute Gasteiger partial charge is 0.189 e. The summed E-state index contributed by atoms with van der Waals surface area (Å²) in [7, 11) is 0. The summed E-state index contributed by atoms with van der Waals surface area (Å²) in [5, 5.41) is 13.8. The summed E-state index contributed by atoms with van der Waals surface area (Å²) < 4.78 is 24.7. The van der Waals surface area contributed by atoms with Crippen LogP contribution in [0.2, 0.25) is 5.02 Å². The molecule has 0 amide bonds. The fourth-order valence-electron chi connectivity index (χ4n) is 2.66. The first kappa shape index (κ1) is 13.1. The second kappa shape index (κ2) is 4.72. The number of hydrogen-bond acceptors (Lipinski definition) is 4. The molecule has 0 saturated carbocycles. The van der Waals surface area contributed by atoms with E-state index in [4.69, 9.17) is 26.1 Å². The Labute approximate surface area is 129 Å². The Balaban J connectivity index is 1.97. The van der Waals surface area contributed by atoms with Gasteiger partial charge in [-0.25, -0.2) is 4.39 Å². The number of aromatic nitrogens is 1. The van der Waals surface area contributed by atoms with Gasteiger partial charge < -0.3 is 9.26 Å². The summed E-state index contributed by atoms with van der Waals surface area (Å²) in [5.74, 6) is 0.0532. The molecule has 0 N–H and O–H groups in total. The van der Waals surface area contributed by atoms with Crippen LogP contribution >= 0.6 is 11.6 Å². The SMILES string of the molecule is N#CC1Cc2cc3c(-c4ccccc4F)noc3c(Cl)c2O1. The van der Waals surface area contributed by atoms with E-state index in [1.807, 2.05) is 0 Å². The zero-order valence-electron chi connectivity index (χ0n) is 11.1. The van der Waals surface area contributed by atoms with E-state index in [2.05, 4.69) is 11.2 Å². The molecule has 0 radical (unpaired) electrons. The van der Waals surface area contributed by atoms with Gasteiger partial charge in [-0.05, 0) is 18.2 Å². The number of fused-ring (bicyclic) bond motifs is 2. The van der Waals surface area contributed by atoms with Gasteiger partial charge in [0.05, 0.1) is 5.39 Å². The molecule has 1 aromatic heterocycles. The summed E-state index contributed by atoms with van der Waals surface area (Å²) in [4.78, 5) is 0. The lowest BCUT2D eigenvalue weighted by Crippen LogP contribution is -2.08. The molecule has 4 rings (SSSR count). The quantitative estimate of drug-likeness (QED) is 0.678. The van der Waals surface area contributed by atoms with Crippen LogP contribution in [0.4, 0.5) is 4.39 Å². The van der Waals surface area contributed by atoms with Crippen molar-refractivity contribution >= 4 is 22.6 Å². The van der Waals surface area contributed by atoms with Crippen molar-refractivity contribution in [3.63, 3.8) is 0 Å². The van der Waals surface area contributed by atoms with Crippen molar-refractivity contribution in [3.05, 3.63) is 46.7 Å². The zero-order valence-corrected chi connectivity index (χ0v) is 11.9. The van der Waals surface area contributed by atoms with Gasteiger partial charge in [-0.3, -0.25) is 0 Å². The van der Waals surface area contributed by atoms with Gasteiger partial charge in [0, 0.05) is 17.5 Å². The van der Waals surface area contributed by atoms with Crippen molar-refractivity contribution in [2.45, 2.75) is 12.5 Å². The van der Waals surface area contributed by atoms with Crippen LogP contribution in [-0.2, 0) is 6.42 Å². The minimum Gasteiger partial charge on any atom is -0.473 e. The van der Waals surface area contributed by atoms with Gasteiger partial charge in [0.2, 0.25) is 0 Å². The molecule has 108 valence electrons. The topological polar surface area (TPSA) is 59.0 Å². The largest absolute Gasteiger partial charge is 0.473 e. The molecule has 22 heavy (non-hydrogen) atoms. The third-order valence-corrected chi connectivity index (χ3v) is 4.02. The highest BCUT2D eigenvalue weighted by molar-refractivity contribution is 6.37. The Hall–Kier alpha value is -2.58. The summed E-state index contributed by atoms with van der Waals surface area (Å²) in [5.41, 5.74) is 1.85. The maximum Gasteiger partial charge on any atom is 0.189 e.